The molecule has 0 spiro atoms. The number of nitrogens with zero attached hydrogens (tertiary/aromatic N) is 3. The number of carbonyl (C=O) groups is 1. The van der Waals surface area contributed by atoms with Gasteiger partial charge in [0.2, 0.25) is 11.9 Å². The monoisotopic (exact) mass is 478 g/mol. The van der Waals surface area contributed by atoms with E-state index in [0.29, 0.717) is 34.8 Å². The van der Waals surface area contributed by atoms with E-state index >= 15 is 0 Å². The topological polar surface area (TPSA) is 110 Å². The van der Waals surface area contributed by atoms with E-state index in [1.807, 2.05) is 44.2 Å². The van der Waals surface area contributed by atoms with Gasteiger partial charge in [-0.05, 0) is 74.1 Å². The van der Waals surface area contributed by atoms with Crippen molar-refractivity contribution < 1.29 is 14.3 Å². The van der Waals surface area contributed by atoms with Gasteiger partial charge in [-0.15, -0.1) is 0 Å². The van der Waals surface area contributed by atoms with Crippen LogP contribution in [0.2, 0.25) is 0 Å². The number of aromatic nitrogens is 2. The van der Waals surface area contributed by atoms with E-state index in [4.69, 9.17) is 21.7 Å². The van der Waals surface area contributed by atoms with Crippen LogP contribution in [0.25, 0.3) is 0 Å². The molecule has 3 N–H and O–H groups in total. The molecule has 3 rings (SSSR count). The Morgan fingerprint density at radius 3 is 2.35 bits per heavy atom. The molecule has 10 heteroatoms. The molecule has 0 bridgehead atoms. The number of nitrogens with one attached hydrogen (secondary N) is 3. The summed E-state index contributed by atoms with van der Waals surface area (Å²) in [5.74, 6) is 1.12. The van der Waals surface area contributed by atoms with E-state index in [1.54, 1.807) is 31.4 Å². The van der Waals surface area contributed by atoms with Gasteiger partial charge in [0.1, 0.15) is 5.75 Å². The fraction of sp³-hybridized carbons (Fsp3) is 0.208. The van der Waals surface area contributed by atoms with Crippen molar-refractivity contribution in [3.05, 3.63) is 77.1 Å². The van der Waals surface area contributed by atoms with Crippen molar-refractivity contribution in [3.63, 3.8) is 0 Å². The van der Waals surface area contributed by atoms with Gasteiger partial charge in [-0.3, -0.25) is 5.32 Å². The molecule has 34 heavy (non-hydrogen) atoms. The molecule has 1 heterocycles. The number of anilines is 2. The second kappa shape index (κ2) is 11.7. The molecule has 3 aromatic rings. The van der Waals surface area contributed by atoms with Gasteiger partial charge in [-0.1, -0.05) is 12.1 Å². The Balaban J connectivity index is 1.76. The lowest BCUT2D eigenvalue weighted by Crippen LogP contribution is -2.39. The fourth-order valence-corrected chi connectivity index (χ4v) is 3.23. The molecule has 0 aliphatic carbocycles. The number of aliphatic imine (C=N–C) groups is 1. The number of methoxy groups -OCH3 is 2. The molecule has 0 aliphatic rings. The Kier molecular flexibility index (Phi) is 8.47. The number of aryl methyl sites for hydroxylation is 2. The highest BCUT2D eigenvalue weighted by molar-refractivity contribution is 7.80. The van der Waals surface area contributed by atoms with Crippen molar-refractivity contribution in [2.75, 3.05) is 24.9 Å². The van der Waals surface area contributed by atoms with Crippen LogP contribution in [-0.2, 0) is 11.3 Å². The Labute approximate surface area is 203 Å². The highest BCUT2D eigenvalue weighted by Crippen LogP contribution is 2.14. The third-order valence-corrected chi connectivity index (χ3v) is 4.77. The molecule has 0 fully saturated rings. The van der Waals surface area contributed by atoms with Crippen molar-refractivity contribution in [2.45, 2.75) is 20.4 Å². The number of thiocarbonyl (C=S) groups is 1. The molecule has 1 aromatic heterocycles. The molecule has 0 radical (unpaired) electrons. The van der Waals surface area contributed by atoms with Gasteiger partial charge in [0.15, 0.2) is 5.11 Å². The number of carbonyl (C=O) groups excluding carboxylic acids is 1. The molecule has 0 atom stereocenters. The molecule has 0 saturated carbocycles. The minimum Gasteiger partial charge on any atom is -0.497 e. The van der Waals surface area contributed by atoms with E-state index in [9.17, 15) is 4.79 Å². The summed E-state index contributed by atoms with van der Waals surface area (Å²) in [6.07, 6.45) is 0. The van der Waals surface area contributed by atoms with Crippen LogP contribution < -0.4 is 20.7 Å². The third-order valence-electron chi connectivity index (χ3n) is 4.56. The quantitative estimate of drug-likeness (QED) is 0.211. The summed E-state index contributed by atoms with van der Waals surface area (Å²) >= 11 is 5.46. The van der Waals surface area contributed by atoms with E-state index < -0.39 is 5.97 Å². The number of hydrogen-bond acceptors (Lipinski definition) is 7. The number of hydrogen-bond donors (Lipinski definition) is 3. The normalized spacial score (nSPS) is 10.9. The molecular formula is C24H26N6O3S. The molecule has 0 aliphatic heterocycles. The minimum atomic E-state index is -0.406. The zero-order chi connectivity index (χ0) is 24.5. The Morgan fingerprint density at radius 1 is 1.00 bits per heavy atom. The first-order valence-electron chi connectivity index (χ1n) is 10.4. The number of ether oxygens (including phenoxy) is 2. The summed E-state index contributed by atoms with van der Waals surface area (Å²) < 4.78 is 10.0. The van der Waals surface area contributed by atoms with Crippen molar-refractivity contribution in [1.29, 1.82) is 0 Å². The first kappa shape index (κ1) is 24.6. The lowest BCUT2D eigenvalue weighted by Gasteiger charge is -2.14. The number of benzene rings is 2. The van der Waals surface area contributed by atoms with Crippen molar-refractivity contribution in [2.24, 2.45) is 4.99 Å². The van der Waals surface area contributed by atoms with E-state index in [-0.39, 0.29) is 0 Å². The van der Waals surface area contributed by atoms with Gasteiger partial charge in [-0.2, -0.15) is 0 Å². The predicted molar refractivity (Wildman–Crippen MR) is 136 cm³/mol. The minimum absolute atomic E-state index is 0.298. The Bertz CT molecular complexity index is 1180. The largest absolute Gasteiger partial charge is 0.497 e. The van der Waals surface area contributed by atoms with Crippen molar-refractivity contribution >= 4 is 40.9 Å². The first-order valence-corrected chi connectivity index (χ1v) is 10.8. The summed E-state index contributed by atoms with van der Waals surface area (Å²) in [7, 11) is 2.96. The third kappa shape index (κ3) is 7.24. The van der Waals surface area contributed by atoms with Gasteiger partial charge in [-0.25, -0.2) is 19.8 Å². The Hall–Kier alpha value is -4.05. The summed E-state index contributed by atoms with van der Waals surface area (Å²) in [5, 5.41) is 9.53. The first-order chi connectivity index (χ1) is 16.4. The summed E-state index contributed by atoms with van der Waals surface area (Å²) in [4.78, 5) is 25.1. The van der Waals surface area contributed by atoms with Gasteiger partial charge in [0.25, 0.3) is 0 Å². The zero-order valence-corrected chi connectivity index (χ0v) is 20.2. The van der Waals surface area contributed by atoms with Crippen LogP contribution in [0.15, 0.2) is 59.6 Å². The van der Waals surface area contributed by atoms with Gasteiger partial charge >= 0.3 is 5.97 Å². The Morgan fingerprint density at radius 2 is 1.71 bits per heavy atom. The number of guanidine groups is 1. The second-order valence-corrected chi connectivity index (χ2v) is 7.67. The van der Waals surface area contributed by atoms with Gasteiger partial charge < -0.3 is 20.1 Å². The smallest absolute Gasteiger partial charge is 0.337 e. The molecular weight excluding hydrogens is 452 g/mol. The highest BCUT2D eigenvalue weighted by Gasteiger charge is 2.09. The molecule has 0 saturated heterocycles. The second-order valence-electron chi connectivity index (χ2n) is 7.26. The summed E-state index contributed by atoms with van der Waals surface area (Å²) in [5.41, 5.74) is 3.75. The lowest BCUT2D eigenvalue weighted by atomic mass is 10.2. The number of esters is 1. The van der Waals surface area contributed by atoms with E-state index in [2.05, 4.69) is 30.9 Å². The van der Waals surface area contributed by atoms with Crippen molar-refractivity contribution in [1.82, 2.24) is 15.3 Å². The molecule has 176 valence electrons. The maximum Gasteiger partial charge on any atom is 0.337 e. The summed E-state index contributed by atoms with van der Waals surface area (Å²) in [6.45, 7) is 4.16. The molecule has 9 nitrogen and oxygen atoms in total. The lowest BCUT2D eigenvalue weighted by molar-refractivity contribution is 0.0601. The van der Waals surface area contributed by atoms with Crippen molar-refractivity contribution in [3.8, 4) is 5.75 Å². The van der Waals surface area contributed by atoms with Crippen LogP contribution in [0.4, 0.5) is 11.6 Å². The summed E-state index contributed by atoms with van der Waals surface area (Å²) in [6, 6.07) is 16.3. The molecule has 0 amide bonds. The van der Waals surface area contributed by atoms with E-state index in [0.717, 1.165) is 22.7 Å². The van der Waals surface area contributed by atoms with Crippen LogP contribution in [0, 0.1) is 13.8 Å². The maximum absolute atomic E-state index is 11.6. The fourth-order valence-electron chi connectivity index (χ4n) is 3.02. The van der Waals surface area contributed by atoms with Gasteiger partial charge in [0.05, 0.1) is 26.3 Å². The predicted octanol–water partition coefficient (Wildman–Crippen LogP) is 3.84. The average molecular weight is 479 g/mol. The van der Waals surface area contributed by atoms with Crippen LogP contribution in [0.5, 0.6) is 5.75 Å². The highest BCUT2D eigenvalue weighted by atomic mass is 32.1. The number of rotatable bonds is 6. The zero-order valence-electron chi connectivity index (χ0n) is 19.4. The average Bonchev–Trinajstić information content (AvgIpc) is 2.82. The van der Waals surface area contributed by atoms with Crippen LogP contribution in [0.3, 0.4) is 0 Å². The molecule has 0 unspecified atom stereocenters. The van der Waals surface area contributed by atoms with Crippen LogP contribution in [-0.4, -0.2) is 41.2 Å². The van der Waals surface area contributed by atoms with Gasteiger partial charge in [0, 0.05) is 17.1 Å². The standard InChI is InChI=1S/C24H26N6O3S/c1-15-12-16(2)27-23(26-15)29-22(25-14-17-6-5-7-20(13-17)32-3)30-24(34)28-19-10-8-18(9-11-19)21(31)33-4/h5-13H,14H2,1-4H3,(H3,25,26,27,28,29,30,34). The van der Waals surface area contributed by atoms with Crippen LogP contribution in [0.1, 0.15) is 27.3 Å². The molecule has 2 aromatic carbocycles. The maximum atomic E-state index is 11.6. The van der Waals surface area contributed by atoms with E-state index in [1.165, 1.54) is 7.11 Å². The SMILES string of the molecule is COC(=O)c1ccc(NC(=S)NC(=NCc2cccc(OC)c2)Nc2nc(C)cc(C)n2)cc1. The van der Waals surface area contributed by atoms with Crippen LogP contribution >= 0.6 is 12.2 Å².